The Balaban J connectivity index is 1.85. The summed E-state index contributed by atoms with van der Waals surface area (Å²) in [4.78, 5) is 12.7. The number of fused-ring (bicyclic) bond motifs is 2. The summed E-state index contributed by atoms with van der Waals surface area (Å²) >= 11 is 0. The summed E-state index contributed by atoms with van der Waals surface area (Å²) in [5.41, 5.74) is 6.08. The average Bonchev–Trinajstić information content (AvgIpc) is 3.26. The number of nitrogens with two attached hydrogens (primary N) is 1. The SMILES string of the molecule is CC1C(O[C@@H]2O[C@H](C)[C@@H](O)[C@H](N)[C@@H]2O)C=CC=CC=CC=CC=CC=CC=CC=C[C@H](C)[C@@H](O)[C@@H](C)[C@H](C)OC(=O)C[C@H](O)C[C@H](O)CC[C@@H](O)[C@H](O)C[C@H](O)C[C@]2(O)C[C@H](O)C(CO)C1O2. The molecule has 2 fully saturated rings. The molecule has 20 atom stereocenters. The van der Waals surface area contributed by atoms with Gasteiger partial charge in [0.1, 0.15) is 12.2 Å². The fraction of sp³-hybridized carbons (Fsp3) is 0.660. The van der Waals surface area contributed by atoms with Crippen molar-refractivity contribution in [1.82, 2.24) is 0 Å². The largest absolute Gasteiger partial charge is 0.462 e. The zero-order valence-electron chi connectivity index (χ0n) is 39.4. The fourth-order valence-electron chi connectivity index (χ4n) is 8.37. The Bertz CT molecular complexity index is 1700. The van der Waals surface area contributed by atoms with Crippen molar-refractivity contribution >= 4 is 5.97 Å². The second-order valence-corrected chi connectivity index (χ2v) is 18.4. The van der Waals surface area contributed by atoms with Crippen LogP contribution in [0.1, 0.15) is 79.6 Å². The van der Waals surface area contributed by atoms with Crippen LogP contribution in [-0.2, 0) is 23.7 Å². The van der Waals surface area contributed by atoms with Crippen LogP contribution in [0.2, 0.25) is 0 Å². The molecule has 3 aliphatic rings. The minimum absolute atomic E-state index is 0.0782. The molecule has 0 aromatic carbocycles. The van der Waals surface area contributed by atoms with Crippen molar-refractivity contribution in [2.45, 2.75) is 177 Å². The van der Waals surface area contributed by atoms with Gasteiger partial charge in [-0.3, -0.25) is 4.79 Å². The number of esters is 1. The number of cyclic esters (lactones) is 1. The van der Waals surface area contributed by atoms with E-state index in [1.54, 1.807) is 58.1 Å². The number of aliphatic hydroxyl groups excluding tert-OH is 10. The minimum Gasteiger partial charge on any atom is -0.462 e. The standard InChI is InChI=1S/C50H79NO16/c1-30-20-18-16-14-12-10-8-6-7-9-11-13-15-17-19-21-42(66-49-47(62)44(51)46(61)34(5)65-49)32(3)48-38(29-52)41(58)28-50(63,67-48)27-37(55)25-40(57)39(56)23-22-35(53)24-36(54)26-43(59)64-33(4)31(2)45(30)60/h6-21,30-42,44-49,52-58,60-63H,22-29,51H2,1-5H3/t30-,31-,32?,33-,34+,35+,36+,37-,38?,39+,40+,41-,42?,44-,45+,46+,47-,48?,49-,50+/m0/s1. The molecule has 0 saturated carbocycles. The first-order valence-electron chi connectivity index (χ1n) is 23.4. The van der Waals surface area contributed by atoms with Gasteiger partial charge in [0.15, 0.2) is 12.1 Å². The highest BCUT2D eigenvalue weighted by molar-refractivity contribution is 5.70. The molecule has 2 saturated heterocycles. The van der Waals surface area contributed by atoms with Crippen LogP contribution in [0.25, 0.3) is 0 Å². The highest BCUT2D eigenvalue weighted by atomic mass is 16.7. The van der Waals surface area contributed by atoms with E-state index in [1.165, 1.54) is 0 Å². The second kappa shape index (κ2) is 29.1. The lowest BCUT2D eigenvalue weighted by molar-refractivity contribution is -0.323. The molecule has 0 radical (unpaired) electrons. The van der Waals surface area contributed by atoms with Gasteiger partial charge in [-0.15, -0.1) is 0 Å². The van der Waals surface area contributed by atoms with Crippen LogP contribution in [0, 0.1) is 23.7 Å². The van der Waals surface area contributed by atoms with E-state index in [0.717, 1.165) is 0 Å². The number of carbonyl (C=O) groups excluding carboxylic acids is 1. The average molecular weight is 950 g/mol. The lowest BCUT2D eigenvalue weighted by Crippen LogP contribution is -2.62. The molecule has 0 spiro atoms. The van der Waals surface area contributed by atoms with Crippen LogP contribution in [0.15, 0.2) is 97.2 Å². The Hall–Kier alpha value is -3.21. The topological polar surface area (TPSA) is 303 Å². The Morgan fingerprint density at radius 2 is 1.18 bits per heavy atom. The molecule has 2 bridgehead atoms. The molecule has 13 N–H and O–H groups in total. The number of carbonyl (C=O) groups is 1. The number of allylic oxidation sites excluding steroid dienone is 14. The van der Waals surface area contributed by atoms with Crippen molar-refractivity contribution in [3.63, 3.8) is 0 Å². The van der Waals surface area contributed by atoms with Crippen LogP contribution in [-0.4, -0.2) is 166 Å². The molecule has 17 heteroatoms. The summed E-state index contributed by atoms with van der Waals surface area (Å²) in [6.07, 6.45) is 9.98. The van der Waals surface area contributed by atoms with Gasteiger partial charge in [-0.25, -0.2) is 0 Å². The van der Waals surface area contributed by atoms with E-state index in [4.69, 9.17) is 24.7 Å². The summed E-state index contributed by atoms with van der Waals surface area (Å²) in [5, 5.41) is 119. The van der Waals surface area contributed by atoms with E-state index < -0.39 is 153 Å². The van der Waals surface area contributed by atoms with Gasteiger partial charge in [0, 0.05) is 42.9 Å². The smallest absolute Gasteiger partial charge is 0.308 e. The maximum atomic E-state index is 12.7. The zero-order valence-corrected chi connectivity index (χ0v) is 39.4. The molecule has 0 aromatic heterocycles. The number of rotatable bonds is 3. The third-order valence-electron chi connectivity index (χ3n) is 12.8. The van der Waals surface area contributed by atoms with Gasteiger partial charge < -0.3 is 80.9 Å². The first kappa shape index (κ1) is 58.1. The highest BCUT2D eigenvalue weighted by Crippen LogP contribution is 2.40. The number of hydrogen-bond donors (Lipinski definition) is 12. The quantitative estimate of drug-likeness (QED) is 0.178. The summed E-state index contributed by atoms with van der Waals surface area (Å²) in [6, 6.07) is -1.10. The molecule has 4 unspecified atom stereocenters. The van der Waals surface area contributed by atoms with E-state index in [9.17, 15) is 61.0 Å². The van der Waals surface area contributed by atoms with Gasteiger partial charge in [0.2, 0.25) is 0 Å². The summed E-state index contributed by atoms with van der Waals surface area (Å²) in [5.74, 6) is -5.32. The van der Waals surface area contributed by atoms with Gasteiger partial charge in [-0.1, -0.05) is 118 Å². The zero-order chi connectivity index (χ0) is 49.8. The Morgan fingerprint density at radius 1 is 0.627 bits per heavy atom. The van der Waals surface area contributed by atoms with E-state index >= 15 is 0 Å². The van der Waals surface area contributed by atoms with Crippen LogP contribution >= 0.6 is 0 Å². The van der Waals surface area contributed by atoms with Crippen molar-refractivity contribution in [3.05, 3.63) is 97.2 Å². The minimum atomic E-state index is -2.18. The number of hydrogen-bond acceptors (Lipinski definition) is 17. The molecule has 3 aliphatic heterocycles. The molecule has 17 nitrogen and oxygen atoms in total. The van der Waals surface area contributed by atoms with Gasteiger partial charge in [0.05, 0.1) is 86.2 Å². The van der Waals surface area contributed by atoms with Crippen molar-refractivity contribution in [3.8, 4) is 0 Å². The van der Waals surface area contributed by atoms with E-state index in [0.29, 0.717) is 0 Å². The predicted molar refractivity (Wildman–Crippen MR) is 250 cm³/mol. The third-order valence-corrected chi connectivity index (χ3v) is 12.8. The van der Waals surface area contributed by atoms with Gasteiger partial charge in [-0.2, -0.15) is 0 Å². The summed E-state index contributed by atoms with van der Waals surface area (Å²) in [6.45, 7) is 7.96. The van der Waals surface area contributed by atoms with E-state index in [2.05, 4.69) is 0 Å². The molecule has 0 aromatic rings. The predicted octanol–water partition coefficient (Wildman–Crippen LogP) is 1.42. The normalized spacial score (nSPS) is 42.5. The second-order valence-electron chi connectivity index (χ2n) is 18.4. The number of aliphatic hydroxyl groups is 11. The van der Waals surface area contributed by atoms with Crippen molar-refractivity contribution in [2.24, 2.45) is 29.4 Å². The van der Waals surface area contributed by atoms with Crippen LogP contribution in [0.5, 0.6) is 0 Å². The molecule has 67 heavy (non-hydrogen) atoms. The maximum Gasteiger partial charge on any atom is 0.308 e. The lowest BCUT2D eigenvalue weighted by atomic mass is 9.79. The molecule has 0 amide bonds. The Morgan fingerprint density at radius 3 is 1.75 bits per heavy atom. The van der Waals surface area contributed by atoms with Gasteiger partial charge >= 0.3 is 5.97 Å². The Labute approximate surface area is 395 Å². The Kier molecular flexibility index (Phi) is 25.2. The van der Waals surface area contributed by atoms with E-state index in [1.807, 2.05) is 73.8 Å². The monoisotopic (exact) mass is 950 g/mol. The molecule has 0 aliphatic carbocycles. The molecular formula is C50H79NO16. The van der Waals surface area contributed by atoms with Crippen molar-refractivity contribution in [2.75, 3.05) is 6.61 Å². The maximum absolute atomic E-state index is 12.7. The van der Waals surface area contributed by atoms with Crippen molar-refractivity contribution in [1.29, 1.82) is 0 Å². The lowest BCUT2D eigenvalue weighted by Gasteiger charge is -2.48. The van der Waals surface area contributed by atoms with Gasteiger partial charge in [-0.05, 0) is 33.1 Å². The van der Waals surface area contributed by atoms with Gasteiger partial charge in [0.25, 0.3) is 0 Å². The first-order valence-corrected chi connectivity index (χ1v) is 23.4. The van der Waals surface area contributed by atoms with Crippen LogP contribution in [0.3, 0.4) is 0 Å². The van der Waals surface area contributed by atoms with E-state index in [-0.39, 0.29) is 25.2 Å². The molecule has 380 valence electrons. The molecular weight excluding hydrogens is 871 g/mol. The number of ether oxygens (including phenoxy) is 4. The first-order chi connectivity index (χ1) is 31.7. The third kappa shape index (κ3) is 19.2. The summed E-state index contributed by atoms with van der Waals surface area (Å²) < 4.78 is 23.7. The molecule has 3 heterocycles. The fourth-order valence-corrected chi connectivity index (χ4v) is 8.37. The molecule has 3 rings (SSSR count). The van der Waals surface area contributed by atoms with Crippen molar-refractivity contribution < 1.29 is 79.9 Å². The summed E-state index contributed by atoms with van der Waals surface area (Å²) in [7, 11) is 0. The highest BCUT2D eigenvalue weighted by Gasteiger charge is 2.50. The van der Waals surface area contributed by atoms with Crippen LogP contribution in [0.4, 0.5) is 0 Å². The van der Waals surface area contributed by atoms with Crippen LogP contribution < -0.4 is 5.73 Å².